The molecule has 0 unspecified atom stereocenters. The molecule has 6 atom stereocenters. The smallest absolute Gasteiger partial charge is 0.253 e. The zero-order chi connectivity index (χ0) is 42.9. The maximum Gasteiger partial charge on any atom is 0.253 e. The van der Waals surface area contributed by atoms with Crippen molar-refractivity contribution >= 4 is 23.5 Å². The lowest BCUT2D eigenvalue weighted by Crippen LogP contribution is -2.48. The lowest BCUT2D eigenvalue weighted by molar-refractivity contribution is 0.0546. The molecule has 2 aromatic heterocycles. The van der Waals surface area contributed by atoms with Crippen molar-refractivity contribution < 1.29 is 19.1 Å². The van der Waals surface area contributed by atoms with Crippen LogP contribution in [-0.4, -0.2) is 136 Å². The molecular weight excluding hydrogens is 777 g/mol. The van der Waals surface area contributed by atoms with Crippen LogP contribution in [0, 0.1) is 23.7 Å². The van der Waals surface area contributed by atoms with Gasteiger partial charge in [-0.3, -0.25) is 9.59 Å². The largest absolute Gasteiger partial charge is 0.381 e. The first-order chi connectivity index (χ1) is 30.4. The van der Waals surface area contributed by atoms with Gasteiger partial charge in [-0.05, 0) is 152 Å². The third kappa shape index (κ3) is 13.8. The highest BCUT2D eigenvalue weighted by Gasteiger charge is 2.32. The van der Waals surface area contributed by atoms with Crippen LogP contribution in [-0.2, 0) is 9.47 Å². The van der Waals surface area contributed by atoms with Crippen molar-refractivity contribution in [3.63, 3.8) is 0 Å². The molecule has 2 amide bonds. The summed E-state index contributed by atoms with van der Waals surface area (Å²) in [5.74, 6) is 4.46. The fraction of sp³-hybridized carbons (Fsp3) is 0.760. The van der Waals surface area contributed by atoms with Crippen LogP contribution in [0.3, 0.4) is 0 Å². The van der Waals surface area contributed by atoms with E-state index >= 15 is 0 Å². The van der Waals surface area contributed by atoms with Gasteiger partial charge < -0.3 is 39.7 Å². The molecule has 6 heterocycles. The van der Waals surface area contributed by atoms with E-state index in [2.05, 4.69) is 54.0 Å². The van der Waals surface area contributed by atoms with Crippen LogP contribution in [0.15, 0.2) is 36.7 Å². The van der Waals surface area contributed by atoms with Gasteiger partial charge >= 0.3 is 0 Å². The molecular formula is C50H80N8O4. The van der Waals surface area contributed by atoms with Gasteiger partial charge in [0.15, 0.2) is 0 Å². The van der Waals surface area contributed by atoms with Crippen molar-refractivity contribution in [1.29, 1.82) is 0 Å². The highest BCUT2D eigenvalue weighted by atomic mass is 16.5. The molecule has 344 valence electrons. The molecule has 6 fully saturated rings. The zero-order valence-electron chi connectivity index (χ0n) is 38.5. The summed E-state index contributed by atoms with van der Waals surface area (Å²) >= 11 is 0. The summed E-state index contributed by atoms with van der Waals surface area (Å²) in [5, 5.41) is 6.73. The Labute approximate surface area is 373 Å². The number of likely N-dealkylation sites (tertiary alicyclic amines) is 2. The summed E-state index contributed by atoms with van der Waals surface area (Å²) in [5.41, 5.74) is 1.36. The number of amides is 2. The Bertz CT molecular complexity index is 1500. The maximum absolute atomic E-state index is 13.0. The molecule has 2 aromatic rings. The van der Waals surface area contributed by atoms with Gasteiger partial charge in [0.1, 0.15) is 11.6 Å². The molecule has 0 bridgehead atoms. The maximum atomic E-state index is 13.0. The van der Waals surface area contributed by atoms with E-state index in [1.165, 1.54) is 103 Å². The van der Waals surface area contributed by atoms with Gasteiger partial charge in [0.25, 0.3) is 11.8 Å². The van der Waals surface area contributed by atoms with E-state index in [0.717, 1.165) is 103 Å². The molecule has 2 saturated carbocycles. The number of rotatable bonds is 16. The van der Waals surface area contributed by atoms with Crippen LogP contribution in [0.5, 0.6) is 0 Å². The number of pyridine rings is 2. The van der Waals surface area contributed by atoms with Crippen molar-refractivity contribution in [3.05, 3.63) is 47.8 Å². The first-order valence-corrected chi connectivity index (χ1v) is 25.1. The molecule has 0 aromatic carbocycles. The average molecular weight is 857 g/mol. The van der Waals surface area contributed by atoms with E-state index in [-0.39, 0.29) is 23.9 Å². The number of aromatic nitrogens is 2. The standard InChI is InChI=1S/2C25H40N4O2/c2*1-2-31-19-20-8-7-13-28(17-20)18-22-9-3-4-10-23(22)27-25(30)21-11-12-24(26-16-21)29-14-5-6-15-29/h2*11-12,16,20,22-23H,2-10,13-15,17-19H2,1H3,(H,27,30)/t20-,22+,23-;20-,22-,23+/m11/s1. The first-order valence-electron chi connectivity index (χ1n) is 25.1. The monoisotopic (exact) mass is 857 g/mol. The fourth-order valence-corrected chi connectivity index (χ4v) is 11.2. The molecule has 0 spiro atoms. The number of nitrogens with zero attached hydrogens (tertiary/aromatic N) is 6. The second-order valence-corrected chi connectivity index (χ2v) is 19.3. The molecule has 12 heteroatoms. The van der Waals surface area contributed by atoms with E-state index < -0.39 is 0 Å². The molecule has 2 aliphatic carbocycles. The molecule has 0 radical (unpaired) electrons. The van der Waals surface area contributed by atoms with Crippen LogP contribution >= 0.6 is 0 Å². The van der Waals surface area contributed by atoms with Crippen molar-refractivity contribution in [2.45, 2.75) is 129 Å². The highest BCUT2D eigenvalue weighted by molar-refractivity contribution is 5.94. The van der Waals surface area contributed by atoms with Gasteiger partial charge in [0, 0.05) is 90.0 Å². The van der Waals surface area contributed by atoms with Gasteiger partial charge in [-0.25, -0.2) is 9.97 Å². The zero-order valence-corrected chi connectivity index (χ0v) is 38.5. The van der Waals surface area contributed by atoms with E-state index in [4.69, 9.17) is 9.47 Å². The molecule has 62 heavy (non-hydrogen) atoms. The highest BCUT2D eigenvalue weighted by Crippen LogP contribution is 2.30. The van der Waals surface area contributed by atoms with Crippen molar-refractivity contribution in [1.82, 2.24) is 30.4 Å². The van der Waals surface area contributed by atoms with Gasteiger partial charge in [0.05, 0.1) is 24.3 Å². The lowest BCUT2D eigenvalue weighted by Gasteiger charge is -2.39. The fourth-order valence-electron chi connectivity index (χ4n) is 11.2. The molecule has 6 aliphatic rings. The van der Waals surface area contributed by atoms with Crippen molar-refractivity contribution in [3.8, 4) is 0 Å². The molecule has 4 saturated heterocycles. The Morgan fingerprint density at radius 2 is 0.968 bits per heavy atom. The van der Waals surface area contributed by atoms with E-state index in [9.17, 15) is 9.59 Å². The molecule has 12 nitrogen and oxygen atoms in total. The summed E-state index contributed by atoms with van der Waals surface area (Å²) in [6.07, 6.45) is 23.1. The van der Waals surface area contributed by atoms with Crippen LogP contribution in [0.25, 0.3) is 0 Å². The number of anilines is 2. The Morgan fingerprint density at radius 1 is 0.548 bits per heavy atom. The summed E-state index contributed by atoms with van der Waals surface area (Å²) in [4.78, 5) is 44.9. The molecule has 2 N–H and O–H groups in total. The predicted octanol–water partition coefficient (Wildman–Crippen LogP) is 7.44. The minimum Gasteiger partial charge on any atom is -0.381 e. The third-order valence-corrected chi connectivity index (χ3v) is 14.6. The number of ether oxygens (including phenoxy) is 2. The second-order valence-electron chi connectivity index (χ2n) is 19.3. The topological polar surface area (TPSA) is 115 Å². The number of hydrogen-bond acceptors (Lipinski definition) is 10. The Hall–Kier alpha value is -3.32. The van der Waals surface area contributed by atoms with Crippen LogP contribution in [0.4, 0.5) is 11.6 Å². The number of carbonyl (C=O) groups excluding carboxylic acids is 2. The average Bonchev–Trinajstić information content (AvgIpc) is 4.06. The van der Waals surface area contributed by atoms with Crippen LogP contribution < -0.4 is 20.4 Å². The van der Waals surface area contributed by atoms with Crippen molar-refractivity contribution in [2.24, 2.45) is 23.7 Å². The van der Waals surface area contributed by atoms with Gasteiger partial charge in [-0.15, -0.1) is 0 Å². The molecule has 4 aliphatic heterocycles. The van der Waals surface area contributed by atoms with Crippen LogP contribution in [0.2, 0.25) is 0 Å². The van der Waals surface area contributed by atoms with E-state index in [1.807, 2.05) is 24.3 Å². The van der Waals surface area contributed by atoms with Crippen molar-refractivity contribution in [2.75, 3.05) is 102 Å². The van der Waals surface area contributed by atoms with Gasteiger partial charge in [-0.2, -0.15) is 0 Å². The molecule has 8 rings (SSSR count). The SMILES string of the molecule is CCOC[C@@H]1CCCN(C[C@@H]2CCCC[C@H]2NC(=O)c2ccc(N3CCCC3)nc2)C1.CCOC[C@@H]1CCCN(C[C@H]2CCCC[C@@H]2NC(=O)c2ccc(N3CCCC3)nc2)C1. The minimum absolute atomic E-state index is 0.0326. The number of carbonyl (C=O) groups is 2. The van der Waals surface area contributed by atoms with Crippen LogP contribution in [0.1, 0.15) is 137 Å². The summed E-state index contributed by atoms with van der Waals surface area (Å²) in [6.45, 7) is 18.7. The number of hydrogen-bond donors (Lipinski definition) is 2. The third-order valence-electron chi connectivity index (χ3n) is 14.6. The summed E-state index contributed by atoms with van der Waals surface area (Å²) < 4.78 is 11.4. The minimum atomic E-state index is 0.0326. The predicted molar refractivity (Wildman–Crippen MR) is 249 cm³/mol. The van der Waals surface area contributed by atoms with E-state index in [1.54, 1.807) is 12.4 Å². The van der Waals surface area contributed by atoms with Gasteiger partial charge in [-0.1, -0.05) is 25.7 Å². The van der Waals surface area contributed by atoms with E-state index in [0.29, 0.717) is 34.8 Å². The number of nitrogens with one attached hydrogen (secondary N) is 2. The lowest BCUT2D eigenvalue weighted by atomic mass is 9.83. The normalized spacial score (nSPS) is 27.4. The quantitative estimate of drug-likeness (QED) is 0.177. The summed E-state index contributed by atoms with van der Waals surface area (Å²) in [7, 11) is 0. The Balaban J connectivity index is 0.000000186. The second kappa shape index (κ2) is 24.7. The Morgan fingerprint density at radius 3 is 1.35 bits per heavy atom. The van der Waals surface area contributed by atoms with Gasteiger partial charge in [0.2, 0.25) is 0 Å². The Kier molecular flexibility index (Phi) is 18.6. The number of piperidine rings is 2. The summed E-state index contributed by atoms with van der Waals surface area (Å²) in [6, 6.07) is 8.43. The first kappa shape index (κ1) is 46.7.